The molecule has 108 valence electrons. The fraction of sp³-hybridized carbons (Fsp3) is 0.214. The molecule has 7 nitrogen and oxygen atoms in total. The van der Waals surface area contributed by atoms with E-state index in [1.807, 2.05) is 22.8 Å². The van der Waals surface area contributed by atoms with Crippen molar-refractivity contribution in [2.45, 2.75) is 6.54 Å². The van der Waals surface area contributed by atoms with Gasteiger partial charge in [0, 0.05) is 18.3 Å². The molecule has 0 atom stereocenters. The van der Waals surface area contributed by atoms with Gasteiger partial charge in [-0.3, -0.25) is 0 Å². The average Bonchev–Trinajstić information content (AvgIpc) is 2.82. The molecule has 0 saturated heterocycles. The van der Waals surface area contributed by atoms with Crippen LogP contribution in [-0.2, 0) is 6.54 Å². The lowest BCUT2D eigenvalue weighted by molar-refractivity contribution is 0.355. The molecule has 0 aliphatic rings. The predicted octanol–water partition coefficient (Wildman–Crippen LogP) is 1.47. The van der Waals surface area contributed by atoms with E-state index in [-0.39, 0.29) is 0 Å². The van der Waals surface area contributed by atoms with E-state index in [0.717, 1.165) is 16.7 Å². The van der Waals surface area contributed by atoms with Gasteiger partial charge in [0.05, 0.1) is 37.5 Å². The van der Waals surface area contributed by atoms with Crippen molar-refractivity contribution in [3.8, 4) is 11.5 Å². The molecule has 0 aliphatic carbocycles. The van der Waals surface area contributed by atoms with Gasteiger partial charge >= 0.3 is 0 Å². The number of aromatic nitrogens is 4. The van der Waals surface area contributed by atoms with Crippen LogP contribution in [-0.4, -0.2) is 34.0 Å². The number of fused-ring (bicyclic) bond motifs is 1. The van der Waals surface area contributed by atoms with Crippen molar-refractivity contribution in [2.24, 2.45) is 0 Å². The maximum absolute atomic E-state index is 6.01. The predicted molar refractivity (Wildman–Crippen MR) is 78.4 cm³/mol. The molecule has 0 spiro atoms. The van der Waals surface area contributed by atoms with E-state index in [1.165, 1.54) is 0 Å². The fourth-order valence-corrected chi connectivity index (χ4v) is 2.22. The summed E-state index contributed by atoms with van der Waals surface area (Å²) in [5.41, 5.74) is 8.41. The highest BCUT2D eigenvalue weighted by atomic mass is 16.5. The molecule has 0 amide bonds. The number of nitrogens with two attached hydrogens (primary N) is 1. The Morgan fingerprint density at radius 2 is 1.95 bits per heavy atom. The first-order valence-corrected chi connectivity index (χ1v) is 6.37. The van der Waals surface area contributed by atoms with Gasteiger partial charge in [-0.2, -0.15) is 10.2 Å². The zero-order chi connectivity index (χ0) is 14.8. The molecule has 3 rings (SSSR count). The van der Waals surface area contributed by atoms with Crippen molar-refractivity contribution in [3.05, 3.63) is 36.2 Å². The Bertz CT molecular complexity index is 770. The normalized spacial score (nSPS) is 10.8. The average molecular weight is 285 g/mol. The van der Waals surface area contributed by atoms with Crippen molar-refractivity contribution in [2.75, 3.05) is 20.0 Å². The van der Waals surface area contributed by atoms with Gasteiger partial charge < -0.3 is 19.8 Å². The topological polar surface area (TPSA) is 88.1 Å². The molecule has 0 radical (unpaired) electrons. The van der Waals surface area contributed by atoms with Gasteiger partial charge in [-0.15, -0.1) is 0 Å². The Balaban J connectivity index is 2.12. The van der Waals surface area contributed by atoms with Crippen LogP contribution in [0.25, 0.3) is 11.0 Å². The lowest BCUT2D eigenvalue weighted by Crippen LogP contribution is -2.06. The lowest BCUT2D eigenvalue weighted by atomic mass is 10.2. The number of anilines is 1. The summed E-state index contributed by atoms with van der Waals surface area (Å²) in [4.78, 5) is 4.35. The molecule has 7 heteroatoms. The summed E-state index contributed by atoms with van der Waals surface area (Å²) in [5, 5.41) is 7.93. The molecule has 2 aromatic heterocycles. The van der Waals surface area contributed by atoms with Crippen LogP contribution in [0.3, 0.4) is 0 Å². The van der Waals surface area contributed by atoms with Gasteiger partial charge in [0.25, 0.3) is 0 Å². The van der Waals surface area contributed by atoms with Crippen molar-refractivity contribution < 1.29 is 9.47 Å². The van der Waals surface area contributed by atoms with Crippen molar-refractivity contribution in [3.63, 3.8) is 0 Å². The number of nitrogens with zero attached hydrogens (tertiary/aromatic N) is 4. The highest BCUT2D eigenvalue weighted by Crippen LogP contribution is 2.33. The number of benzene rings is 1. The first-order valence-electron chi connectivity index (χ1n) is 6.37. The quantitative estimate of drug-likeness (QED) is 0.781. The summed E-state index contributed by atoms with van der Waals surface area (Å²) in [6.07, 6.45) is 1.63. The number of rotatable bonds is 4. The second-order valence-electron chi connectivity index (χ2n) is 4.47. The Morgan fingerprint density at radius 3 is 2.62 bits per heavy atom. The summed E-state index contributed by atoms with van der Waals surface area (Å²) in [7, 11) is 3.18. The van der Waals surface area contributed by atoms with Crippen LogP contribution in [0.1, 0.15) is 5.69 Å². The van der Waals surface area contributed by atoms with E-state index in [1.54, 1.807) is 26.5 Å². The minimum Gasteiger partial charge on any atom is -0.493 e. The third-order valence-corrected chi connectivity index (χ3v) is 3.23. The molecular formula is C14H15N5O2. The van der Waals surface area contributed by atoms with Gasteiger partial charge in [-0.1, -0.05) is 0 Å². The third kappa shape index (κ3) is 2.33. The molecule has 0 saturated carbocycles. The molecule has 1 aromatic carbocycles. The highest BCUT2D eigenvalue weighted by Gasteiger charge is 2.14. The zero-order valence-electron chi connectivity index (χ0n) is 11.8. The van der Waals surface area contributed by atoms with Gasteiger partial charge in [0.2, 0.25) is 5.95 Å². The molecule has 0 aliphatic heterocycles. The molecule has 3 aromatic rings. The number of ether oxygens (including phenoxy) is 2. The van der Waals surface area contributed by atoms with Crippen LogP contribution in [0.2, 0.25) is 0 Å². The van der Waals surface area contributed by atoms with E-state index in [2.05, 4.69) is 15.2 Å². The van der Waals surface area contributed by atoms with Crippen LogP contribution < -0.4 is 15.2 Å². The maximum atomic E-state index is 6.01. The van der Waals surface area contributed by atoms with Crippen molar-refractivity contribution in [1.82, 2.24) is 19.7 Å². The summed E-state index contributed by atoms with van der Waals surface area (Å²) < 4.78 is 12.5. The van der Waals surface area contributed by atoms with Crippen molar-refractivity contribution in [1.29, 1.82) is 0 Å². The largest absolute Gasteiger partial charge is 0.493 e. The summed E-state index contributed by atoms with van der Waals surface area (Å²) >= 11 is 0. The van der Waals surface area contributed by atoms with E-state index >= 15 is 0 Å². The van der Waals surface area contributed by atoms with Crippen LogP contribution >= 0.6 is 0 Å². The minimum atomic E-state index is 0.408. The number of nitrogen functional groups attached to an aromatic ring is 1. The van der Waals surface area contributed by atoms with Gasteiger partial charge in [-0.05, 0) is 12.1 Å². The monoisotopic (exact) mass is 285 g/mol. The van der Waals surface area contributed by atoms with E-state index in [0.29, 0.717) is 24.0 Å². The minimum absolute atomic E-state index is 0.408. The third-order valence-electron chi connectivity index (χ3n) is 3.23. The Morgan fingerprint density at radius 1 is 1.19 bits per heavy atom. The molecular weight excluding hydrogens is 270 g/mol. The Labute approximate surface area is 121 Å². The summed E-state index contributed by atoms with van der Waals surface area (Å²) in [6.45, 7) is 0.492. The summed E-state index contributed by atoms with van der Waals surface area (Å²) in [5.74, 6) is 1.66. The Hall–Kier alpha value is -2.83. The lowest BCUT2D eigenvalue weighted by Gasteiger charge is -2.09. The second-order valence-corrected chi connectivity index (χ2v) is 4.47. The molecule has 0 unspecified atom stereocenters. The van der Waals surface area contributed by atoms with Gasteiger partial charge in [-0.25, -0.2) is 4.98 Å². The molecule has 0 bridgehead atoms. The van der Waals surface area contributed by atoms with Crippen LogP contribution in [0.4, 0.5) is 5.95 Å². The molecule has 2 heterocycles. The molecule has 2 N–H and O–H groups in total. The first-order chi connectivity index (χ1) is 10.2. The molecule has 0 fully saturated rings. The van der Waals surface area contributed by atoms with Crippen LogP contribution in [0.15, 0.2) is 30.5 Å². The first kappa shape index (κ1) is 13.2. The number of hydrogen-bond acceptors (Lipinski definition) is 6. The summed E-state index contributed by atoms with van der Waals surface area (Å²) in [6, 6.07) is 7.38. The zero-order valence-corrected chi connectivity index (χ0v) is 11.8. The number of methoxy groups -OCH3 is 2. The van der Waals surface area contributed by atoms with Crippen LogP contribution in [0, 0.1) is 0 Å². The fourth-order valence-electron chi connectivity index (χ4n) is 2.22. The van der Waals surface area contributed by atoms with Crippen LogP contribution in [0.5, 0.6) is 11.5 Å². The standard InChI is InChI=1S/C14H15N5O2/c1-20-12-6-10-11(7-13(12)21-2)19(14(15)17-10)8-9-4-3-5-16-18-9/h3-7H,8H2,1-2H3,(H2,15,17). The highest BCUT2D eigenvalue weighted by molar-refractivity contribution is 5.82. The van der Waals surface area contributed by atoms with Gasteiger partial charge in [0.1, 0.15) is 0 Å². The van der Waals surface area contributed by atoms with E-state index in [4.69, 9.17) is 15.2 Å². The number of imidazole rings is 1. The number of hydrogen-bond donors (Lipinski definition) is 1. The Kier molecular flexibility index (Phi) is 3.31. The smallest absolute Gasteiger partial charge is 0.201 e. The SMILES string of the molecule is COc1cc2nc(N)n(Cc3cccnn3)c2cc1OC. The van der Waals surface area contributed by atoms with Crippen molar-refractivity contribution >= 4 is 17.0 Å². The van der Waals surface area contributed by atoms with E-state index in [9.17, 15) is 0 Å². The second kappa shape index (κ2) is 5.28. The van der Waals surface area contributed by atoms with Gasteiger partial charge in [0.15, 0.2) is 11.5 Å². The molecule has 21 heavy (non-hydrogen) atoms. The maximum Gasteiger partial charge on any atom is 0.201 e. The van der Waals surface area contributed by atoms with E-state index < -0.39 is 0 Å².